The number of hydrogen-bond donors (Lipinski definition) is 0. The molecule has 1 saturated heterocycles. The number of ether oxygens (including phenoxy) is 1. The summed E-state index contributed by atoms with van der Waals surface area (Å²) in [6, 6.07) is 18.1. The van der Waals surface area contributed by atoms with Gasteiger partial charge in [-0.2, -0.15) is 18.4 Å². The van der Waals surface area contributed by atoms with E-state index in [1.165, 1.54) is 6.07 Å². The van der Waals surface area contributed by atoms with Crippen molar-refractivity contribution >= 4 is 11.5 Å². The van der Waals surface area contributed by atoms with E-state index in [1.807, 2.05) is 11.0 Å². The van der Waals surface area contributed by atoms with E-state index in [2.05, 4.69) is 11.1 Å². The highest BCUT2D eigenvalue weighted by Gasteiger charge is 2.31. The zero-order valence-corrected chi connectivity index (χ0v) is 16.8. The zero-order chi connectivity index (χ0) is 22.7. The van der Waals surface area contributed by atoms with Gasteiger partial charge >= 0.3 is 6.18 Å². The van der Waals surface area contributed by atoms with Gasteiger partial charge in [0.2, 0.25) is 5.88 Å². The van der Waals surface area contributed by atoms with Gasteiger partial charge in [-0.05, 0) is 24.3 Å². The average molecular weight is 437 g/mol. The average Bonchev–Trinajstić information content (AvgIpc) is 3.26. The Bertz CT molecular complexity index is 1160. The van der Waals surface area contributed by atoms with Crippen LogP contribution in [0.15, 0.2) is 66.9 Å². The van der Waals surface area contributed by atoms with Gasteiger partial charge in [0, 0.05) is 36.4 Å². The first-order valence-corrected chi connectivity index (χ1v) is 9.94. The second-order valence-corrected chi connectivity index (χ2v) is 7.40. The third-order valence-corrected chi connectivity index (χ3v) is 5.25. The van der Waals surface area contributed by atoms with Crippen molar-refractivity contribution in [1.29, 1.82) is 5.26 Å². The second-order valence-electron chi connectivity index (χ2n) is 7.40. The topological polar surface area (TPSA) is 66.2 Å². The van der Waals surface area contributed by atoms with Gasteiger partial charge in [-0.25, -0.2) is 4.98 Å². The maximum Gasteiger partial charge on any atom is 0.417 e. The summed E-state index contributed by atoms with van der Waals surface area (Å²) in [7, 11) is 0. The molecule has 0 saturated carbocycles. The quantitative estimate of drug-likeness (QED) is 0.534. The Balaban J connectivity index is 1.45. The lowest BCUT2D eigenvalue weighted by atomic mass is 10.0. The highest BCUT2D eigenvalue weighted by atomic mass is 19.4. The van der Waals surface area contributed by atoms with Crippen molar-refractivity contribution in [3.63, 3.8) is 0 Å². The van der Waals surface area contributed by atoms with Crippen molar-refractivity contribution in [2.45, 2.75) is 18.7 Å². The third-order valence-electron chi connectivity index (χ3n) is 5.25. The minimum absolute atomic E-state index is 0.120. The van der Waals surface area contributed by atoms with Crippen molar-refractivity contribution in [2.75, 3.05) is 18.0 Å². The van der Waals surface area contributed by atoms with Crippen LogP contribution in [0.25, 0.3) is 0 Å². The number of carbonyl (C=O) groups is 1. The number of nitriles is 1. The predicted molar refractivity (Wildman–Crippen MR) is 112 cm³/mol. The van der Waals surface area contributed by atoms with Crippen molar-refractivity contribution < 1.29 is 22.7 Å². The monoisotopic (exact) mass is 437 g/mol. The van der Waals surface area contributed by atoms with Gasteiger partial charge in [-0.15, -0.1) is 0 Å². The summed E-state index contributed by atoms with van der Waals surface area (Å²) in [6.45, 7) is 1.05. The molecule has 1 atom stereocenters. The largest absolute Gasteiger partial charge is 0.472 e. The summed E-state index contributed by atoms with van der Waals surface area (Å²) in [4.78, 5) is 18.4. The fourth-order valence-corrected chi connectivity index (χ4v) is 3.63. The molecule has 0 N–H and O–H groups in total. The van der Waals surface area contributed by atoms with Gasteiger partial charge < -0.3 is 9.64 Å². The van der Waals surface area contributed by atoms with Gasteiger partial charge in [0.25, 0.3) is 0 Å². The molecule has 2 heterocycles. The van der Waals surface area contributed by atoms with Crippen molar-refractivity contribution in [3.8, 4) is 11.9 Å². The molecule has 0 amide bonds. The number of alkyl halides is 3. The number of anilines is 1. The van der Waals surface area contributed by atoms with Gasteiger partial charge in [0.05, 0.1) is 23.4 Å². The lowest BCUT2D eigenvalue weighted by molar-refractivity contribution is -0.137. The summed E-state index contributed by atoms with van der Waals surface area (Å²) in [5.74, 6) is -0.0428. The molecule has 3 aromatic rings. The van der Waals surface area contributed by atoms with E-state index in [9.17, 15) is 23.2 Å². The molecular formula is C24H18F3N3O2. The highest BCUT2D eigenvalue weighted by Crippen LogP contribution is 2.30. The lowest BCUT2D eigenvalue weighted by Crippen LogP contribution is -2.25. The summed E-state index contributed by atoms with van der Waals surface area (Å²) in [5.41, 5.74) is 1.20. The van der Waals surface area contributed by atoms with Crippen LogP contribution < -0.4 is 9.64 Å². The number of ketones is 1. The number of pyridine rings is 1. The molecule has 1 aliphatic heterocycles. The SMILES string of the molecule is N#Cc1cc(C(=O)c2ccccc2)ccc1N1CC[C@@H](Oc2ccc(C(F)(F)F)cn2)C1. The predicted octanol–water partition coefficient (Wildman–Crippen LogP) is 4.86. The lowest BCUT2D eigenvalue weighted by Gasteiger charge is -2.20. The third kappa shape index (κ3) is 4.57. The summed E-state index contributed by atoms with van der Waals surface area (Å²) < 4.78 is 43.8. The maximum absolute atomic E-state index is 12.7. The molecule has 0 spiro atoms. The number of rotatable bonds is 5. The number of benzene rings is 2. The summed E-state index contributed by atoms with van der Waals surface area (Å²) >= 11 is 0. The van der Waals surface area contributed by atoms with Crippen LogP contribution in [0.3, 0.4) is 0 Å². The molecule has 2 aromatic carbocycles. The van der Waals surface area contributed by atoms with E-state index in [0.29, 0.717) is 41.9 Å². The Hall–Kier alpha value is -3.86. The molecule has 0 bridgehead atoms. The molecule has 1 aromatic heterocycles. The highest BCUT2D eigenvalue weighted by molar-refractivity contribution is 6.09. The van der Waals surface area contributed by atoms with Crippen LogP contribution in [0.1, 0.15) is 33.5 Å². The van der Waals surface area contributed by atoms with Crippen LogP contribution in [0.5, 0.6) is 5.88 Å². The van der Waals surface area contributed by atoms with E-state index in [4.69, 9.17) is 4.74 Å². The first-order valence-electron chi connectivity index (χ1n) is 9.94. The molecular weight excluding hydrogens is 419 g/mol. The second kappa shape index (κ2) is 8.71. The van der Waals surface area contributed by atoms with Gasteiger partial charge in [0.15, 0.2) is 5.78 Å². The Kier molecular flexibility index (Phi) is 5.82. The van der Waals surface area contributed by atoms with Gasteiger partial charge in [0.1, 0.15) is 12.2 Å². The standard InChI is InChI=1S/C24H18F3N3O2/c25-24(26,27)19-7-9-22(29-14-19)32-20-10-11-30(15-20)21-8-6-17(12-18(21)13-28)23(31)16-4-2-1-3-5-16/h1-9,12,14,20H,10-11,15H2/t20-/m1/s1. The molecule has 4 rings (SSSR count). The van der Waals surface area contributed by atoms with Crippen LogP contribution >= 0.6 is 0 Å². The van der Waals surface area contributed by atoms with E-state index in [0.717, 1.165) is 12.3 Å². The first-order chi connectivity index (χ1) is 15.3. The Labute approximate surface area is 182 Å². The molecule has 1 aliphatic rings. The fourth-order valence-electron chi connectivity index (χ4n) is 3.63. The minimum Gasteiger partial charge on any atom is -0.472 e. The molecule has 0 aliphatic carbocycles. The number of aromatic nitrogens is 1. The number of halogens is 3. The summed E-state index contributed by atoms with van der Waals surface area (Å²) in [6.07, 6.45) is -3.36. The van der Waals surface area contributed by atoms with Crippen molar-refractivity contribution in [1.82, 2.24) is 4.98 Å². The maximum atomic E-state index is 12.7. The van der Waals surface area contributed by atoms with E-state index in [-0.39, 0.29) is 17.8 Å². The molecule has 0 unspecified atom stereocenters. The Morgan fingerprint density at radius 3 is 2.53 bits per heavy atom. The number of carbonyl (C=O) groups excluding carboxylic acids is 1. The molecule has 32 heavy (non-hydrogen) atoms. The van der Waals surface area contributed by atoms with Crippen LogP contribution in [0, 0.1) is 11.3 Å². The summed E-state index contributed by atoms with van der Waals surface area (Å²) in [5, 5.41) is 9.63. The number of hydrogen-bond acceptors (Lipinski definition) is 5. The first kappa shape index (κ1) is 21.4. The molecule has 162 valence electrons. The molecule has 8 heteroatoms. The van der Waals surface area contributed by atoms with E-state index < -0.39 is 11.7 Å². The normalized spacial score (nSPS) is 15.9. The van der Waals surface area contributed by atoms with Crippen LogP contribution in [0.2, 0.25) is 0 Å². The van der Waals surface area contributed by atoms with E-state index >= 15 is 0 Å². The van der Waals surface area contributed by atoms with Crippen LogP contribution in [-0.4, -0.2) is 30.0 Å². The Morgan fingerprint density at radius 2 is 1.88 bits per heavy atom. The van der Waals surface area contributed by atoms with Crippen LogP contribution in [0.4, 0.5) is 18.9 Å². The smallest absolute Gasteiger partial charge is 0.417 e. The van der Waals surface area contributed by atoms with Gasteiger partial charge in [-0.3, -0.25) is 4.79 Å². The van der Waals surface area contributed by atoms with Crippen molar-refractivity contribution in [2.24, 2.45) is 0 Å². The van der Waals surface area contributed by atoms with Gasteiger partial charge in [-0.1, -0.05) is 30.3 Å². The minimum atomic E-state index is -4.45. The zero-order valence-electron chi connectivity index (χ0n) is 16.8. The number of nitrogens with zero attached hydrogens (tertiary/aromatic N) is 3. The molecule has 0 radical (unpaired) electrons. The molecule has 1 fully saturated rings. The van der Waals surface area contributed by atoms with Crippen LogP contribution in [-0.2, 0) is 6.18 Å². The Morgan fingerprint density at radius 1 is 1.09 bits per heavy atom. The van der Waals surface area contributed by atoms with E-state index in [1.54, 1.807) is 42.5 Å². The fraction of sp³-hybridized carbons (Fsp3) is 0.208. The van der Waals surface area contributed by atoms with Crippen molar-refractivity contribution in [3.05, 3.63) is 89.1 Å². The molecule has 5 nitrogen and oxygen atoms in total.